The first-order valence-electron chi connectivity index (χ1n) is 8.37. The van der Waals surface area contributed by atoms with Gasteiger partial charge in [-0.3, -0.25) is 0 Å². The summed E-state index contributed by atoms with van der Waals surface area (Å²) < 4.78 is 5.52. The summed E-state index contributed by atoms with van der Waals surface area (Å²) in [7, 11) is 0. The summed E-state index contributed by atoms with van der Waals surface area (Å²) in [5, 5.41) is 7.61. The Kier molecular flexibility index (Phi) is 3.49. The standard InChI is InChI=1S/C18H23N3O/c1-11-5-3-6-14-13(9-12(2)17(11)14)10-16-20-18(21-22-16)15-7-4-8-19-15/h3,5-6,12-13,15,19H,4,7-10H2,1-2H3. The molecule has 3 atom stereocenters. The van der Waals surface area contributed by atoms with Gasteiger partial charge in [0.2, 0.25) is 5.89 Å². The van der Waals surface area contributed by atoms with Gasteiger partial charge in [0.25, 0.3) is 0 Å². The van der Waals surface area contributed by atoms with E-state index in [9.17, 15) is 0 Å². The molecule has 1 N–H and O–H groups in total. The van der Waals surface area contributed by atoms with Crippen LogP contribution < -0.4 is 5.32 Å². The molecule has 1 saturated heterocycles. The molecule has 116 valence electrons. The zero-order chi connectivity index (χ0) is 15.1. The summed E-state index contributed by atoms with van der Waals surface area (Å²) in [6.07, 6.45) is 4.35. The Balaban J connectivity index is 1.54. The van der Waals surface area contributed by atoms with Crippen LogP contribution in [0.15, 0.2) is 22.7 Å². The first-order valence-corrected chi connectivity index (χ1v) is 8.37. The van der Waals surface area contributed by atoms with E-state index in [1.807, 2.05) is 0 Å². The maximum atomic E-state index is 5.52. The molecule has 4 rings (SSSR count). The van der Waals surface area contributed by atoms with Gasteiger partial charge in [0.15, 0.2) is 5.82 Å². The van der Waals surface area contributed by atoms with Crippen LogP contribution in [0.5, 0.6) is 0 Å². The van der Waals surface area contributed by atoms with Gasteiger partial charge in [0.05, 0.1) is 6.04 Å². The van der Waals surface area contributed by atoms with Crippen LogP contribution in [0.3, 0.4) is 0 Å². The number of fused-ring (bicyclic) bond motifs is 1. The summed E-state index contributed by atoms with van der Waals surface area (Å²) in [5.74, 6) is 2.76. The lowest BCUT2D eigenvalue weighted by Gasteiger charge is -2.09. The highest BCUT2D eigenvalue weighted by Crippen LogP contribution is 2.44. The van der Waals surface area contributed by atoms with Crippen LogP contribution in [0.2, 0.25) is 0 Å². The molecular formula is C18H23N3O. The van der Waals surface area contributed by atoms with Crippen molar-refractivity contribution in [3.05, 3.63) is 46.6 Å². The molecule has 3 unspecified atom stereocenters. The van der Waals surface area contributed by atoms with E-state index in [4.69, 9.17) is 4.52 Å². The largest absolute Gasteiger partial charge is 0.339 e. The molecule has 4 heteroatoms. The topological polar surface area (TPSA) is 51.0 Å². The van der Waals surface area contributed by atoms with Crippen molar-refractivity contribution in [1.29, 1.82) is 0 Å². The molecule has 2 aromatic rings. The molecule has 0 spiro atoms. The Hall–Kier alpha value is -1.68. The average molecular weight is 297 g/mol. The molecule has 1 aliphatic carbocycles. The minimum absolute atomic E-state index is 0.287. The molecular weight excluding hydrogens is 274 g/mol. The van der Waals surface area contributed by atoms with Crippen LogP contribution in [0.4, 0.5) is 0 Å². The molecule has 0 saturated carbocycles. The zero-order valence-electron chi connectivity index (χ0n) is 13.3. The van der Waals surface area contributed by atoms with Crippen molar-refractivity contribution in [3.63, 3.8) is 0 Å². The van der Waals surface area contributed by atoms with Gasteiger partial charge in [-0.15, -0.1) is 0 Å². The summed E-state index contributed by atoms with van der Waals surface area (Å²) in [5.41, 5.74) is 4.42. The van der Waals surface area contributed by atoms with E-state index in [0.717, 1.165) is 31.1 Å². The van der Waals surface area contributed by atoms with Crippen molar-refractivity contribution in [3.8, 4) is 0 Å². The zero-order valence-corrected chi connectivity index (χ0v) is 13.3. The Morgan fingerprint density at radius 1 is 1.36 bits per heavy atom. The lowest BCUT2D eigenvalue weighted by atomic mass is 9.96. The van der Waals surface area contributed by atoms with E-state index in [-0.39, 0.29) is 6.04 Å². The molecule has 0 amide bonds. The first-order chi connectivity index (χ1) is 10.7. The smallest absolute Gasteiger partial charge is 0.227 e. The third-order valence-electron chi connectivity index (χ3n) is 5.21. The van der Waals surface area contributed by atoms with E-state index in [1.54, 1.807) is 0 Å². The molecule has 0 bridgehead atoms. The Labute approximate surface area is 131 Å². The first kappa shape index (κ1) is 13.9. The van der Waals surface area contributed by atoms with Crippen molar-refractivity contribution < 1.29 is 4.52 Å². The number of nitrogens with zero attached hydrogens (tertiary/aromatic N) is 2. The molecule has 1 aliphatic heterocycles. The number of benzene rings is 1. The fourth-order valence-corrected chi connectivity index (χ4v) is 4.21. The second-order valence-electron chi connectivity index (χ2n) is 6.81. The van der Waals surface area contributed by atoms with E-state index in [1.165, 1.54) is 29.5 Å². The van der Waals surface area contributed by atoms with E-state index in [2.05, 4.69) is 47.5 Å². The predicted octanol–water partition coefficient (Wildman–Crippen LogP) is 3.64. The quantitative estimate of drug-likeness (QED) is 0.939. The Morgan fingerprint density at radius 3 is 3.09 bits per heavy atom. The van der Waals surface area contributed by atoms with Gasteiger partial charge in [-0.05, 0) is 61.3 Å². The summed E-state index contributed by atoms with van der Waals surface area (Å²) in [6.45, 7) is 5.60. The third-order valence-corrected chi connectivity index (χ3v) is 5.21. The van der Waals surface area contributed by atoms with Crippen LogP contribution in [0.1, 0.15) is 72.5 Å². The van der Waals surface area contributed by atoms with Crippen LogP contribution in [0.25, 0.3) is 0 Å². The fraction of sp³-hybridized carbons (Fsp3) is 0.556. The fourth-order valence-electron chi connectivity index (χ4n) is 4.21. The van der Waals surface area contributed by atoms with Crippen molar-refractivity contribution in [2.75, 3.05) is 6.54 Å². The lowest BCUT2D eigenvalue weighted by Crippen LogP contribution is -2.14. The maximum absolute atomic E-state index is 5.52. The molecule has 1 aromatic carbocycles. The van der Waals surface area contributed by atoms with Crippen molar-refractivity contribution in [2.45, 2.75) is 57.4 Å². The van der Waals surface area contributed by atoms with Gasteiger partial charge in [-0.2, -0.15) is 4.98 Å². The average Bonchev–Trinajstić information content (AvgIpc) is 3.21. The van der Waals surface area contributed by atoms with Crippen LogP contribution in [-0.2, 0) is 6.42 Å². The van der Waals surface area contributed by atoms with E-state index < -0.39 is 0 Å². The van der Waals surface area contributed by atoms with Gasteiger partial charge in [0, 0.05) is 6.42 Å². The number of aryl methyl sites for hydroxylation is 1. The van der Waals surface area contributed by atoms with Crippen LogP contribution in [0, 0.1) is 6.92 Å². The number of rotatable bonds is 3. The molecule has 0 radical (unpaired) electrons. The SMILES string of the molecule is Cc1cccc2c1C(C)CC2Cc1nc(C2CCCN2)no1. The number of hydrogen-bond donors (Lipinski definition) is 1. The van der Waals surface area contributed by atoms with Crippen molar-refractivity contribution >= 4 is 0 Å². The summed E-state index contributed by atoms with van der Waals surface area (Å²) >= 11 is 0. The van der Waals surface area contributed by atoms with Gasteiger partial charge in [-0.25, -0.2) is 0 Å². The van der Waals surface area contributed by atoms with Gasteiger partial charge in [-0.1, -0.05) is 30.3 Å². The van der Waals surface area contributed by atoms with Crippen LogP contribution >= 0.6 is 0 Å². The second-order valence-corrected chi connectivity index (χ2v) is 6.81. The minimum atomic E-state index is 0.287. The monoisotopic (exact) mass is 297 g/mol. The highest BCUT2D eigenvalue weighted by molar-refractivity contribution is 5.43. The minimum Gasteiger partial charge on any atom is -0.339 e. The molecule has 4 nitrogen and oxygen atoms in total. The molecule has 1 fully saturated rings. The summed E-state index contributed by atoms with van der Waals surface area (Å²) in [4.78, 5) is 4.64. The van der Waals surface area contributed by atoms with Crippen molar-refractivity contribution in [2.24, 2.45) is 0 Å². The summed E-state index contributed by atoms with van der Waals surface area (Å²) in [6, 6.07) is 6.94. The predicted molar refractivity (Wildman–Crippen MR) is 84.9 cm³/mol. The van der Waals surface area contributed by atoms with E-state index >= 15 is 0 Å². The molecule has 2 heterocycles. The Bertz CT molecular complexity index is 673. The van der Waals surface area contributed by atoms with E-state index in [0.29, 0.717) is 11.8 Å². The normalized spacial score (nSPS) is 27.3. The number of hydrogen-bond acceptors (Lipinski definition) is 4. The molecule has 22 heavy (non-hydrogen) atoms. The van der Waals surface area contributed by atoms with Gasteiger partial charge < -0.3 is 9.84 Å². The van der Waals surface area contributed by atoms with Crippen molar-refractivity contribution in [1.82, 2.24) is 15.5 Å². The number of nitrogens with one attached hydrogen (secondary N) is 1. The molecule has 1 aromatic heterocycles. The third kappa shape index (κ3) is 2.35. The van der Waals surface area contributed by atoms with Gasteiger partial charge >= 0.3 is 0 Å². The number of aromatic nitrogens is 2. The maximum Gasteiger partial charge on any atom is 0.227 e. The molecule has 2 aliphatic rings. The highest BCUT2D eigenvalue weighted by Gasteiger charge is 2.31. The second kappa shape index (κ2) is 5.51. The van der Waals surface area contributed by atoms with Gasteiger partial charge in [0.1, 0.15) is 0 Å². The van der Waals surface area contributed by atoms with Crippen LogP contribution in [-0.4, -0.2) is 16.7 Å². The Morgan fingerprint density at radius 2 is 2.27 bits per heavy atom. The lowest BCUT2D eigenvalue weighted by molar-refractivity contribution is 0.358. The highest BCUT2D eigenvalue weighted by atomic mass is 16.5.